The van der Waals surface area contributed by atoms with E-state index in [1.807, 2.05) is 0 Å². The number of hydrogen-bond acceptors (Lipinski definition) is 4. The Balaban J connectivity index is 2.59. The zero-order valence-corrected chi connectivity index (χ0v) is 11.6. The second kappa shape index (κ2) is 6.36. The third-order valence-electron chi connectivity index (χ3n) is 3.58. The molecule has 0 aromatic heterocycles. The van der Waals surface area contributed by atoms with Gasteiger partial charge in [-0.3, -0.25) is 10.1 Å². The lowest BCUT2D eigenvalue weighted by molar-refractivity contribution is -0.487. The van der Waals surface area contributed by atoms with Crippen molar-refractivity contribution in [3.63, 3.8) is 0 Å². The Kier molecular flexibility index (Phi) is 4.53. The molecule has 0 radical (unpaired) electrons. The van der Waals surface area contributed by atoms with Crippen molar-refractivity contribution in [1.29, 1.82) is 0 Å². The van der Waals surface area contributed by atoms with E-state index in [1.165, 1.54) is 12.1 Å². The van der Waals surface area contributed by atoms with Crippen LogP contribution in [-0.4, -0.2) is 27.7 Å². The van der Waals surface area contributed by atoms with Gasteiger partial charge >= 0.3 is 5.97 Å². The van der Waals surface area contributed by atoms with Crippen molar-refractivity contribution in [2.24, 2.45) is 0 Å². The van der Waals surface area contributed by atoms with Crippen LogP contribution >= 0.6 is 0 Å². The first-order valence-corrected chi connectivity index (χ1v) is 6.64. The third kappa shape index (κ3) is 2.96. The number of carboxylic acid groups (broad SMARTS) is 1. The molecule has 2 rings (SSSR count). The van der Waals surface area contributed by atoms with Gasteiger partial charge in [-0.2, -0.15) is 0 Å². The smallest absolute Gasteiger partial charge is 0.341 e. The van der Waals surface area contributed by atoms with Crippen molar-refractivity contribution >= 4 is 5.97 Å². The standard InChI is InChI=1S/C16H15NO5/c18-15(19)16(20,13-9-5-2-6-10-13)14(11-17(21)22)12-7-3-1-4-8-12/h1-10,14,20H,11H2,(H,18,19)/t14-,16+/m0/s1. The van der Waals surface area contributed by atoms with Crippen LogP contribution in [0.3, 0.4) is 0 Å². The highest BCUT2D eigenvalue weighted by molar-refractivity contribution is 5.80. The van der Waals surface area contributed by atoms with Crippen LogP contribution in [0.2, 0.25) is 0 Å². The van der Waals surface area contributed by atoms with Gasteiger partial charge in [0.25, 0.3) is 0 Å². The van der Waals surface area contributed by atoms with Gasteiger partial charge in [0, 0.05) is 4.92 Å². The van der Waals surface area contributed by atoms with E-state index in [9.17, 15) is 25.1 Å². The summed E-state index contributed by atoms with van der Waals surface area (Å²) in [5, 5.41) is 31.4. The van der Waals surface area contributed by atoms with E-state index >= 15 is 0 Å². The van der Waals surface area contributed by atoms with Crippen molar-refractivity contribution < 1.29 is 19.9 Å². The first kappa shape index (κ1) is 15.7. The second-order valence-corrected chi connectivity index (χ2v) is 4.92. The minimum absolute atomic E-state index is 0.109. The molecule has 0 saturated carbocycles. The molecule has 114 valence electrons. The highest BCUT2D eigenvalue weighted by Gasteiger charge is 2.49. The van der Waals surface area contributed by atoms with Crippen molar-refractivity contribution in [2.75, 3.05) is 6.54 Å². The van der Waals surface area contributed by atoms with Crippen molar-refractivity contribution in [3.05, 3.63) is 81.9 Å². The van der Waals surface area contributed by atoms with Gasteiger partial charge in [-0.25, -0.2) is 4.79 Å². The van der Waals surface area contributed by atoms with Crippen LogP contribution < -0.4 is 0 Å². The highest BCUT2D eigenvalue weighted by Crippen LogP contribution is 2.37. The van der Waals surface area contributed by atoms with Gasteiger partial charge in [-0.1, -0.05) is 60.7 Å². The number of rotatable bonds is 6. The lowest BCUT2D eigenvalue weighted by Crippen LogP contribution is -2.44. The molecule has 2 aromatic carbocycles. The third-order valence-corrected chi connectivity index (χ3v) is 3.58. The second-order valence-electron chi connectivity index (χ2n) is 4.92. The average Bonchev–Trinajstić information content (AvgIpc) is 2.53. The normalized spacial score (nSPS) is 14.8. The van der Waals surface area contributed by atoms with Crippen LogP contribution in [0.5, 0.6) is 0 Å². The minimum Gasteiger partial charge on any atom is -0.479 e. The van der Waals surface area contributed by atoms with E-state index in [-0.39, 0.29) is 5.56 Å². The lowest BCUT2D eigenvalue weighted by atomic mass is 9.77. The number of nitro groups is 1. The van der Waals surface area contributed by atoms with E-state index < -0.39 is 29.0 Å². The Morgan fingerprint density at radius 1 is 1.09 bits per heavy atom. The molecule has 0 fully saturated rings. The highest BCUT2D eigenvalue weighted by atomic mass is 16.6. The molecule has 0 spiro atoms. The number of carboxylic acids is 1. The predicted molar refractivity (Wildman–Crippen MR) is 79.0 cm³/mol. The van der Waals surface area contributed by atoms with Crippen LogP contribution in [0.1, 0.15) is 17.0 Å². The molecule has 0 heterocycles. The molecule has 6 nitrogen and oxygen atoms in total. The SMILES string of the molecule is O=C(O)[C@@](O)(c1ccccc1)[C@@H](C[N+](=O)[O-])c1ccccc1. The molecule has 2 atom stereocenters. The summed E-state index contributed by atoms with van der Waals surface area (Å²) in [5.41, 5.74) is -1.87. The maximum absolute atomic E-state index is 11.7. The molecular formula is C16H15NO5. The molecule has 0 saturated heterocycles. The van der Waals surface area contributed by atoms with Gasteiger partial charge in [-0.15, -0.1) is 0 Å². The Hall–Kier alpha value is -2.73. The van der Waals surface area contributed by atoms with Gasteiger partial charge in [-0.05, 0) is 11.1 Å². The Bertz CT molecular complexity index is 659. The molecule has 2 aromatic rings. The Labute approximate surface area is 126 Å². The predicted octanol–water partition coefficient (Wildman–Crippen LogP) is 2.02. The Morgan fingerprint density at radius 3 is 2.05 bits per heavy atom. The zero-order chi connectivity index (χ0) is 16.2. The number of hydrogen-bond donors (Lipinski definition) is 2. The quantitative estimate of drug-likeness (QED) is 0.628. The summed E-state index contributed by atoms with van der Waals surface area (Å²) in [4.78, 5) is 22.1. The van der Waals surface area contributed by atoms with Crippen LogP contribution in [0, 0.1) is 10.1 Å². The summed E-state index contributed by atoms with van der Waals surface area (Å²) < 4.78 is 0. The number of benzene rings is 2. The van der Waals surface area contributed by atoms with Gasteiger partial charge in [0.05, 0.1) is 5.92 Å². The Morgan fingerprint density at radius 2 is 1.59 bits per heavy atom. The molecule has 0 aliphatic rings. The van der Waals surface area contributed by atoms with Crippen LogP contribution in [0.15, 0.2) is 60.7 Å². The van der Waals surface area contributed by atoms with Crippen molar-refractivity contribution in [3.8, 4) is 0 Å². The summed E-state index contributed by atoms with van der Waals surface area (Å²) in [6.07, 6.45) is 0. The fourth-order valence-corrected chi connectivity index (χ4v) is 2.48. The number of carbonyl (C=O) groups is 1. The molecule has 6 heteroatoms. The zero-order valence-electron chi connectivity index (χ0n) is 11.6. The molecule has 0 amide bonds. The van der Waals surface area contributed by atoms with E-state index in [1.54, 1.807) is 48.5 Å². The maximum atomic E-state index is 11.7. The van der Waals surface area contributed by atoms with Crippen LogP contribution in [0.25, 0.3) is 0 Å². The minimum atomic E-state index is -2.38. The van der Waals surface area contributed by atoms with Crippen molar-refractivity contribution in [2.45, 2.75) is 11.5 Å². The summed E-state index contributed by atoms with van der Waals surface area (Å²) in [6.45, 7) is -0.693. The summed E-state index contributed by atoms with van der Waals surface area (Å²) in [7, 11) is 0. The molecular weight excluding hydrogens is 286 g/mol. The topological polar surface area (TPSA) is 101 Å². The monoisotopic (exact) mass is 301 g/mol. The summed E-state index contributed by atoms with van der Waals surface area (Å²) in [5.74, 6) is -2.72. The number of nitrogens with zero attached hydrogens (tertiary/aromatic N) is 1. The van der Waals surface area contributed by atoms with Gasteiger partial charge in [0.15, 0.2) is 5.60 Å². The van der Waals surface area contributed by atoms with Gasteiger partial charge in [0.2, 0.25) is 6.54 Å². The first-order valence-electron chi connectivity index (χ1n) is 6.64. The maximum Gasteiger partial charge on any atom is 0.341 e. The van der Waals surface area contributed by atoms with Gasteiger partial charge < -0.3 is 10.2 Å². The van der Waals surface area contributed by atoms with Gasteiger partial charge in [0.1, 0.15) is 0 Å². The number of aliphatic hydroxyl groups is 1. The summed E-state index contributed by atoms with van der Waals surface area (Å²) in [6, 6.07) is 15.9. The summed E-state index contributed by atoms with van der Waals surface area (Å²) >= 11 is 0. The first-order chi connectivity index (χ1) is 10.5. The van der Waals surface area contributed by atoms with Crippen LogP contribution in [0.4, 0.5) is 0 Å². The average molecular weight is 301 g/mol. The molecule has 0 bridgehead atoms. The molecule has 2 N–H and O–H groups in total. The van der Waals surface area contributed by atoms with Crippen LogP contribution in [-0.2, 0) is 10.4 Å². The fourth-order valence-electron chi connectivity index (χ4n) is 2.48. The number of aliphatic carboxylic acids is 1. The molecule has 0 unspecified atom stereocenters. The largest absolute Gasteiger partial charge is 0.479 e. The van der Waals surface area contributed by atoms with Crippen molar-refractivity contribution in [1.82, 2.24) is 0 Å². The van der Waals surface area contributed by atoms with E-state index in [2.05, 4.69) is 0 Å². The molecule has 0 aliphatic heterocycles. The van der Waals surface area contributed by atoms with E-state index in [0.717, 1.165) is 0 Å². The molecule has 22 heavy (non-hydrogen) atoms. The fraction of sp³-hybridized carbons (Fsp3) is 0.188. The lowest BCUT2D eigenvalue weighted by Gasteiger charge is -2.30. The molecule has 0 aliphatic carbocycles. The van der Waals surface area contributed by atoms with E-state index in [0.29, 0.717) is 5.56 Å². The van der Waals surface area contributed by atoms with E-state index in [4.69, 9.17) is 0 Å².